The maximum absolute atomic E-state index is 12.2. The first-order chi connectivity index (χ1) is 11.6. The van der Waals surface area contributed by atoms with Gasteiger partial charge < -0.3 is 9.88 Å². The summed E-state index contributed by atoms with van der Waals surface area (Å²) in [6.45, 7) is 0.246. The van der Waals surface area contributed by atoms with E-state index in [0.29, 0.717) is 5.69 Å². The molecule has 0 spiro atoms. The van der Waals surface area contributed by atoms with Crippen LogP contribution in [0.25, 0.3) is 11.3 Å². The molecule has 0 saturated heterocycles. The van der Waals surface area contributed by atoms with Crippen LogP contribution in [-0.4, -0.2) is 25.2 Å². The van der Waals surface area contributed by atoms with Gasteiger partial charge in [-0.05, 0) is 30.3 Å². The lowest BCUT2D eigenvalue weighted by atomic mass is 10.2. The van der Waals surface area contributed by atoms with E-state index in [-0.39, 0.29) is 17.7 Å². The lowest BCUT2D eigenvalue weighted by Crippen LogP contribution is -2.31. The van der Waals surface area contributed by atoms with E-state index in [4.69, 9.17) is 0 Å². The predicted octanol–water partition coefficient (Wildman–Crippen LogP) is 1.11. The molecule has 0 aromatic carbocycles. The summed E-state index contributed by atoms with van der Waals surface area (Å²) in [6, 6.07) is 8.87. The highest BCUT2D eigenvalue weighted by atomic mass is 16.2. The van der Waals surface area contributed by atoms with Gasteiger partial charge in [-0.15, -0.1) is 0 Å². The Balaban J connectivity index is 1.75. The summed E-state index contributed by atoms with van der Waals surface area (Å²) in [6.07, 6.45) is 5.04. The average molecular weight is 323 g/mol. The van der Waals surface area contributed by atoms with Crippen molar-refractivity contribution in [1.29, 1.82) is 0 Å². The summed E-state index contributed by atoms with van der Waals surface area (Å²) in [4.78, 5) is 28.1. The molecule has 0 fully saturated rings. The van der Waals surface area contributed by atoms with Gasteiger partial charge in [0.1, 0.15) is 5.56 Å². The monoisotopic (exact) mass is 323 g/mol. The van der Waals surface area contributed by atoms with E-state index in [1.165, 1.54) is 10.6 Å². The van der Waals surface area contributed by atoms with Crippen LogP contribution in [0.5, 0.6) is 0 Å². The standard InChI is InChI=1S/C17H17N5O2/c1-21-9-3-4-14(17(21)24)16(23)19-11-13-10-15(22(2)20-13)12-5-7-18-8-6-12/h3-10H,11H2,1-2H3,(H,19,23). The average Bonchev–Trinajstić information content (AvgIpc) is 2.97. The third kappa shape index (κ3) is 3.10. The van der Waals surface area contributed by atoms with Crippen LogP contribution in [0.3, 0.4) is 0 Å². The maximum atomic E-state index is 12.2. The fourth-order valence-corrected chi connectivity index (χ4v) is 2.44. The molecule has 7 heteroatoms. The lowest BCUT2D eigenvalue weighted by Gasteiger charge is -2.04. The number of nitrogens with one attached hydrogen (secondary N) is 1. The molecule has 24 heavy (non-hydrogen) atoms. The van der Waals surface area contributed by atoms with Crippen LogP contribution in [0.15, 0.2) is 53.7 Å². The minimum atomic E-state index is -0.410. The molecular weight excluding hydrogens is 306 g/mol. The number of pyridine rings is 2. The normalized spacial score (nSPS) is 10.6. The van der Waals surface area contributed by atoms with Crippen molar-refractivity contribution in [1.82, 2.24) is 24.6 Å². The third-order valence-electron chi connectivity index (χ3n) is 3.70. The Kier molecular flexibility index (Phi) is 4.24. The Morgan fingerprint density at radius 1 is 1.21 bits per heavy atom. The van der Waals surface area contributed by atoms with Gasteiger partial charge in [-0.2, -0.15) is 5.10 Å². The summed E-state index contributed by atoms with van der Waals surface area (Å²) >= 11 is 0. The molecule has 0 unspecified atom stereocenters. The Morgan fingerprint density at radius 2 is 1.96 bits per heavy atom. The summed E-state index contributed by atoms with van der Waals surface area (Å²) in [7, 11) is 3.45. The highest BCUT2D eigenvalue weighted by Gasteiger charge is 2.12. The van der Waals surface area contributed by atoms with Gasteiger partial charge >= 0.3 is 0 Å². The van der Waals surface area contributed by atoms with Crippen molar-refractivity contribution in [2.45, 2.75) is 6.54 Å². The molecule has 122 valence electrons. The van der Waals surface area contributed by atoms with E-state index in [1.54, 1.807) is 36.4 Å². The molecule has 1 N–H and O–H groups in total. The van der Waals surface area contributed by atoms with Crippen LogP contribution in [0.2, 0.25) is 0 Å². The van der Waals surface area contributed by atoms with E-state index in [1.807, 2.05) is 25.2 Å². The fourth-order valence-electron chi connectivity index (χ4n) is 2.44. The van der Waals surface area contributed by atoms with Crippen molar-refractivity contribution in [3.63, 3.8) is 0 Å². The molecule has 0 radical (unpaired) electrons. The first kappa shape index (κ1) is 15.7. The van der Waals surface area contributed by atoms with Crippen molar-refractivity contribution in [2.24, 2.45) is 14.1 Å². The molecule has 0 saturated carbocycles. The number of carbonyl (C=O) groups is 1. The van der Waals surface area contributed by atoms with E-state index >= 15 is 0 Å². The van der Waals surface area contributed by atoms with Crippen molar-refractivity contribution in [3.05, 3.63) is 70.5 Å². The number of aromatic nitrogens is 4. The molecule has 0 atom stereocenters. The molecule has 3 rings (SSSR count). The van der Waals surface area contributed by atoms with Crippen LogP contribution in [0, 0.1) is 0 Å². The van der Waals surface area contributed by atoms with Crippen molar-refractivity contribution in [2.75, 3.05) is 0 Å². The zero-order chi connectivity index (χ0) is 17.1. The molecule has 3 aromatic heterocycles. The van der Waals surface area contributed by atoms with Crippen molar-refractivity contribution in [3.8, 4) is 11.3 Å². The number of aryl methyl sites for hydroxylation is 2. The zero-order valence-corrected chi connectivity index (χ0v) is 13.4. The van der Waals surface area contributed by atoms with Gasteiger partial charge in [0, 0.05) is 38.2 Å². The maximum Gasteiger partial charge on any atom is 0.263 e. The first-order valence-electron chi connectivity index (χ1n) is 7.43. The van der Waals surface area contributed by atoms with E-state index < -0.39 is 5.91 Å². The Hall–Kier alpha value is -3.22. The van der Waals surface area contributed by atoms with Gasteiger partial charge in [0.2, 0.25) is 0 Å². The molecule has 7 nitrogen and oxygen atoms in total. The molecule has 0 aliphatic rings. The van der Waals surface area contributed by atoms with Gasteiger partial charge in [0.25, 0.3) is 11.5 Å². The van der Waals surface area contributed by atoms with Gasteiger partial charge in [-0.1, -0.05) is 0 Å². The summed E-state index contributed by atoms with van der Waals surface area (Å²) in [5.74, 6) is -0.410. The van der Waals surface area contributed by atoms with Gasteiger partial charge in [0.15, 0.2) is 0 Å². The van der Waals surface area contributed by atoms with Gasteiger partial charge in [-0.25, -0.2) is 0 Å². The van der Waals surface area contributed by atoms with Crippen LogP contribution in [0.4, 0.5) is 0 Å². The highest BCUT2D eigenvalue weighted by molar-refractivity contribution is 5.93. The molecule has 1 amide bonds. The predicted molar refractivity (Wildman–Crippen MR) is 89.3 cm³/mol. The molecule has 0 bridgehead atoms. The Morgan fingerprint density at radius 3 is 2.71 bits per heavy atom. The number of hydrogen-bond acceptors (Lipinski definition) is 4. The quantitative estimate of drug-likeness (QED) is 0.780. The molecule has 0 aliphatic heterocycles. The van der Waals surface area contributed by atoms with Gasteiger partial charge in [0.05, 0.1) is 17.9 Å². The summed E-state index contributed by atoms with van der Waals surface area (Å²) < 4.78 is 3.12. The number of hydrogen-bond donors (Lipinski definition) is 1. The van der Waals surface area contributed by atoms with E-state index in [9.17, 15) is 9.59 Å². The fraction of sp³-hybridized carbons (Fsp3) is 0.176. The number of amides is 1. The summed E-state index contributed by atoms with van der Waals surface area (Å²) in [5.41, 5.74) is 2.43. The summed E-state index contributed by atoms with van der Waals surface area (Å²) in [5, 5.41) is 7.13. The van der Waals surface area contributed by atoms with Crippen LogP contribution in [0.1, 0.15) is 16.1 Å². The minimum Gasteiger partial charge on any atom is -0.346 e. The molecule has 3 aromatic rings. The smallest absolute Gasteiger partial charge is 0.263 e. The zero-order valence-electron chi connectivity index (χ0n) is 13.4. The Bertz CT molecular complexity index is 928. The van der Waals surface area contributed by atoms with E-state index in [0.717, 1.165) is 11.3 Å². The molecular formula is C17H17N5O2. The van der Waals surface area contributed by atoms with Crippen LogP contribution >= 0.6 is 0 Å². The van der Waals surface area contributed by atoms with Crippen molar-refractivity contribution >= 4 is 5.91 Å². The second kappa shape index (κ2) is 6.49. The first-order valence-corrected chi connectivity index (χ1v) is 7.43. The molecule has 0 aliphatic carbocycles. The second-order valence-corrected chi connectivity index (χ2v) is 5.40. The lowest BCUT2D eigenvalue weighted by molar-refractivity contribution is 0.0948. The largest absolute Gasteiger partial charge is 0.346 e. The minimum absolute atomic E-state index is 0.116. The number of carbonyl (C=O) groups excluding carboxylic acids is 1. The van der Waals surface area contributed by atoms with Crippen LogP contribution < -0.4 is 10.9 Å². The Labute approximate surface area is 138 Å². The topological polar surface area (TPSA) is 81.8 Å². The number of nitrogens with zero attached hydrogens (tertiary/aromatic N) is 4. The second-order valence-electron chi connectivity index (χ2n) is 5.40. The van der Waals surface area contributed by atoms with E-state index in [2.05, 4.69) is 15.4 Å². The highest BCUT2D eigenvalue weighted by Crippen LogP contribution is 2.18. The van der Waals surface area contributed by atoms with Crippen molar-refractivity contribution < 1.29 is 4.79 Å². The van der Waals surface area contributed by atoms with Gasteiger partial charge in [-0.3, -0.25) is 19.3 Å². The third-order valence-corrected chi connectivity index (χ3v) is 3.70. The SMILES string of the molecule is Cn1nc(CNC(=O)c2cccn(C)c2=O)cc1-c1ccncc1. The van der Waals surface area contributed by atoms with Crippen LogP contribution in [-0.2, 0) is 20.6 Å². The molecule has 3 heterocycles. The number of rotatable bonds is 4.